The van der Waals surface area contributed by atoms with Gasteiger partial charge in [-0.15, -0.1) is 0 Å². The zero-order valence-corrected chi connectivity index (χ0v) is 20.6. The first-order chi connectivity index (χ1) is 16.9. The van der Waals surface area contributed by atoms with Gasteiger partial charge in [-0.1, -0.05) is 55.8 Å². The molecule has 0 bridgehead atoms. The number of rotatable bonds is 10. The number of halogens is 1. The van der Waals surface area contributed by atoms with Crippen LogP contribution in [0.5, 0.6) is 11.5 Å². The molecule has 0 fully saturated rings. The Bertz CT molecular complexity index is 1160. The molecule has 0 heterocycles. The molecule has 182 valence electrons. The summed E-state index contributed by atoms with van der Waals surface area (Å²) in [5.41, 5.74) is 4.67. The first-order valence-corrected chi connectivity index (χ1v) is 11.5. The molecule has 0 aromatic heterocycles. The topological polar surface area (TPSA) is 89.0 Å². The van der Waals surface area contributed by atoms with Crippen LogP contribution in [-0.4, -0.2) is 31.2 Å². The van der Waals surface area contributed by atoms with Crippen molar-refractivity contribution in [3.05, 3.63) is 94.5 Å². The number of methoxy groups -OCH3 is 1. The van der Waals surface area contributed by atoms with E-state index in [1.807, 2.05) is 44.2 Å². The van der Waals surface area contributed by atoms with Crippen molar-refractivity contribution in [2.75, 3.05) is 7.11 Å². The number of hydrogen-bond donors (Lipinski definition) is 2. The normalized spacial score (nSPS) is 11.8. The van der Waals surface area contributed by atoms with E-state index in [0.29, 0.717) is 34.3 Å². The fourth-order valence-corrected chi connectivity index (χ4v) is 3.34. The van der Waals surface area contributed by atoms with Gasteiger partial charge >= 0.3 is 0 Å². The van der Waals surface area contributed by atoms with Crippen LogP contribution in [0.2, 0.25) is 5.02 Å². The highest BCUT2D eigenvalue weighted by atomic mass is 35.5. The number of benzene rings is 3. The van der Waals surface area contributed by atoms with E-state index in [-0.39, 0.29) is 11.8 Å². The van der Waals surface area contributed by atoms with Crippen LogP contribution in [0.1, 0.15) is 35.3 Å². The molecule has 0 aliphatic carbocycles. The lowest BCUT2D eigenvalue weighted by Crippen LogP contribution is -2.48. The van der Waals surface area contributed by atoms with Gasteiger partial charge in [0.1, 0.15) is 12.6 Å². The average Bonchev–Trinajstić information content (AvgIpc) is 2.87. The number of carbonyl (C=O) groups excluding carboxylic acids is 2. The predicted molar refractivity (Wildman–Crippen MR) is 137 cm³/mol. The Hall–Kier alpha value is -3.84. The zero-order chi connectivity index (χ0) is 25.2. The number of amides is 2. The molecule has 0 saturated carbocycles. The number of nitrogens with zero attached hydrogens (tertiary/aromatic N) is 1. The van der Waals surface area contributed by atoms with Crippen LogP contribution in [0.25, 0.3) is 0 Å². The van der Waals surface area contributed by atoms with Crippen molar-refractivity contribution in [1.29, 1.82) is 0 Å². The van der Waals surface area contributed by atoms with Crippen molar-refractivity contribution >= 4 is 29.6 Å². The summed E-state index contributed by atoms with van der Waals surface area (Å²) < 4.78 is 11.3. The van der Waals surface area contributed by atoms with Gasteiger partial charge < -0.3 is 14.8 Å². The smallest absolute Gasteiger partial charge is 0.262 e. The highest BCUT2D eigenvalue weighted by molar-refractivity contribution is 6.30. The van der Waals surface area contributed by atoms with Gasteiger partial charge in [-0.2, -0.15) is 5.10 Å². The van der Waals surface area contributed by atoms with Crippen LogP contribution in [0.3, 0.4) is 0 Å². The van der Waals surface area contributed by atoms with Crippen LogP contribution in [0, 0.1) is 5.92 Å². The van der Waals surface area contributed by atoms with Crippen LogP contribution in [-0.2, 0) is 11.4 Å². The molecule has 2 N–H and O–H groups in total. The minimum atomic E-state index is -0.738. The molecular weight excluding hydrogens is 466 g/mol. The highest BCUT2D eigenvalue weighted by Crippen LogP contribution is 2.28. The van der Waals surface area contributed by atoms with Crippen LogP contribution in [0.15, 0.2) is 77.9 Å². The Morgan fingerprint density at radius 1 is 1.00 bits per heavy atom. The van der Waals surface area contributed by atoms with Crippen molar-refractivity contribution in [2.24, 2.45) is 11.0 Å². The third-order valence-corrected chi connectivity index (χ3v) is 5.41. The molecule has 35 heavy (non-hydrogen) atoms. The summed E-state index contributed by atoms with van der Waals surface area (Å²) in [5, 5.41) is 7.48. The SMILES string of the molecule is COc1cc(/C=N/NC(=O)C(NC(=O)c2ccccc2)C(C)C)ccc1OCc1ccc(Cl)cc1. The Balaban J connectivity index is 1.60. The number of nitrogens with one attached hydrogen (secondary N) is 2. The molecule has 8 heteroatoms. The third kappa shape index (κ3) is 7.58. The summed E-state index contributed by atoms with van der Waals surface area (Å²) in [6.45, 7) is 4.07. The fraction of sp³-hybridized carbons (Fsp3) is 0.222. The van der Waals surface area contributed by atoms with E-state index in [2.05, 4.69) is 15.8 Å². The molecule has 1 unspecified atom stereocenters. The third-order valence-electron chi connectivity index (χ3n) is 5.16. The summed E-state index contributed by atoms with van der Waals surface area (Å²) in [6.07, 6.45) is 1.50. The standard InChI is InChI=1S/C27H28ClN3O4/c1-18(2)25(30-26(32)21-7-5-4-6-8-21)27(33)31-29-16-20-11-14-23(24(15-20)34-3)35-17-19-9-12-22(28)13-10-19/h4-16,18,25H,17H2,1-3H3,(H,30,32)(H,31,33)/b29-16+. The van der Waals surface area contributed by atoms with Gasteiger partial charge in [0, 0.05) is 10.6 Å². The van der Waals surface area contributed by atoms with E-state index in [0.717, 1.165) is 5.56 Å². The lowest BCUT2D eigenvalue weighted by atomic mass is 10.0. The van der Waals surface area contributed by atoms with Crippen molar-refractivity contribution in [2.45, 2.75) is 26.5 Å². The first-order valence-electron chi connectivity index (χ1n) is 11.1. The quantitative estimate of drug-likeness (QED) is 0.312. The van der Waals surface area contributed by atoms with E-state index in [4.69, 9.17) is 21.1 Å². The zero-order valence-electron chi connectivity index (χ0n) is 19.8. The van der Waals surface area contributed by atoms with Crippen LogP contribution in [0.4, 0.5) is 0 Å². The summed E-state index contributed by atoms with van der Waals surface area (Å²) in [6, 6.07) is 20.7. The largest absolute Gasteiger partial charge is 0.493 e. The minimum Gasteiger partial charge on any atom is -0.493 e. The van der Waals surface area contributed by atoms with Gasteiger partial charge in [0.25, 0.3) is 11.8 Å². The number of ether oxygens (including phenoxy) is 2. The monoisotopic (exact) mass is 493 g/mol. The van der Waals surface area contributed by atoms with E-state index in [1.165, 1.54) is 6.21 Å². The lowest BCUT2D eigenvalue weighted by molar-refractivity contribution is -0.123. The Kier molecular flexibility index (Phi) is 9.26. The molecule has 7 nitrogen and oxygen atoms in total. The molecule has 1 atom stereocenters. The Labute approximate surface area is 210 Å². The van der Waals surface area contributed by atoms with Crippen molar-refractivity contribution < 1.29 is 19.1 Å². The van der Waals surface area contributed by atoms with Crippen molar-refractivity contribution in [1.82, 2.24) is 10.7 Å². The maximum Gasteiger partial charge on any atom is 0.262 e. The van der Waals surface area contributed by atoms with Gasteiger partial charge in [-0.25, -0.2) is 5.43 Å². The lowest BCUT2D eigenvalue weighted by Gasteiger charge is -2.20. The summed E-state index contributed by atoms with van der Waals surface area (Å²) >= 11 is 5.92. The fourth-order valence-electron chi connectivity index (χ4n) is 3.21. The summed E-state index contributed by atoms with van der Waals surface area (Å²) in [4.78, 5) is 25.1. The maximum atomic E-state index is 12.7. The summed E-state index contributed by atoms with van der Waals surface area (Å²) in [5.74, 6) is 0.254. The van der Waals surface area contributed by atoms with E-state index < -0.39 is 11.9 Å². The van der Waals surface area contributed by atoms with Crippen molar-refractivity contribution in [3.63, 3.8) is 0 Å². The molecule has 3 aromatic carbocycles. The van der Waals surface area contributed by atoms with Gasteiger partial charge in [-0.3, -0.25) is 9.59 Å². The van der Waals surface area contributed by atoms with E-state index in [1.54, 1.807) is 49.6 Å². The van der Waals surface area contributed by atoms with E-state index >= 15 is 0 Å². The second-order valence-corrected chi connectivity index (χ2v) is 8.56. The number of carbonyl (C=O) groups is 2. The molecule has 0 spiro atoms. The number of hydrogen-bond acceptors (Lipinski definition) is 5. The maximum absolute atomic E-state index is 12.7. The Morgan fingerprint density at radius 3 is 2.37 bits per heavy atom. The molecule has 0 saturated heterocycles. The second-order valence-electron chi connectivity index (χ2n) is 8.12. The molecular formula is C27H28ClN3O4. The first kappa shape index (κ1) is 25.8. The minimum absolute atomic E-state index is 0.130. The van der Waals surface area contributed by atoms with Crippen LogP contribution >= 0.6 is 11.6 Å². The predicted octanol–water partition coefficient (Wildman–Crippen LogP) is 4.83. The molecule has 3 rings (SSSR count). The number of hydrazone groups is 1. The van der Waals surface area contributed by atoms with Crippen molar-refractivity contribution in [3.8, 4) is 11.5 Å². The average molecular weight is 494 g/mol. The molecule has 0 radical (unpaired) electrons. The van der Waals surface area contributed by atoms with Gasteiger partial charge in [-0.05, 0) is 59.5 Å². The van der Waals surface area contributed by atoms with Gasteiger partial charge in [0.15, 0.2) is 11.5 Å². The Morgan fingerprint density at radius 2 is 1.71 bits per heavy atom. The van der Waals surface area contributed by atoms with Gasteiger partial charge in [0.05, 0.1) is 13.3 Å². The summed E-state index contributed by atoms with van der Waals surface area (Å²) in [7, 11) is 1.55. The van der Waals surface area contributed by atoms with Gasteiger partial charge in [0.2, 0.25) is 0 Å². The van der Waals surface area contributed by atoms with E-state index in [9.17, 15) is 9.59 Å². The molecule has 2 amide bonds. The van der Waals surface area contributed by atoms with Crippen LogP contribution < -0.4 is 20.2 Å². The molecule has 0 aliphatic rings. The highest BCUT2D eigenvalue weighted by Gasteiger charge is 2.24. The second kappa shape index (κ2) is 12.6. The molecule has 0 aliphatic heterocycles. The molecule has 3 aromatic rings.